The molecule has 1 unspecified atom stereocenters. The standard InChI is InChI=1S/C15H19N3O/c1-2-13(16)15(19)18-10-8-12-6-3-5-11-7-4-9-17-14(11)12/h3-7,9,13H,2,8,10,16H2,1H3,(H,18,19). The second kappa shape index (κ2) is 6.29. The number of fused-ring (bicyclic) bond motifs is 1. The Bertz CT molecular complexity index is 563. The third-order valence-electron chi connectivity index (χ3n) is 3.19. The van der Waals surface area contributed by atoms with Gasteiger partial charge in [0.15, 0.2) is 0 Å². The van der Waals surface area contributed by atoms with E-state index in [1.165, 1.54) is 0 Å². The molecule has 1 aromatic carbocycles. The maximum absolute atomic E-state index is 11.6. The molecular weight excluding hydrogens is 238 g/mol. The summed E-state index contributed by atoms with van der Waals surface area (Å²) in [4.78, 5) is 16.0. The number of para-hydroxylation sites is 1. The molecule has 0 aliphatic rings. The number of aromatic nitrogens is 1. The van der Waals surface area contributed by atoms with E-state index in [2.05, 4.69) is 10.3 Å². The molecule has 4 nitrogen and oxygen atoms in total. The van der Waals surface area contributed by atoms with E-state index >= 15 is 0 Å². The largest absolute Gasteiger partial charge is 0.354 e. The van der Waals surface area contributed by atoms with Crippen LogP contribution in [0, 0.1) is 0 Å². The SMILES string of the molecule is CCC(N)C(=O)NCCc1cccc2cccnc12. The number of benzene rings is 1. The molecule has 0 aliphatic heterocycles. The maximum Gasteiger partial charge on any atom is 0.236 e. The predicted octanol–water partition coefficient (Wildman–Crippen LogP) is 1.63. The number of hydrogen-bond donors (Lipinski definition) is 2. The van der Waals surface area contributed by atoms with Gasteiger partial charge in [-0.15, -0.1) is 0 Å². The third kappa shape index (κ3) is 3.29. The van der Waals surface area contributed by atoms with Crippen LogP contribution < -0.4 is 11.1 Å². The van der Waals surface area contributed by atoms with E-state index in [4.69, 9.17) is 5.73 Å². The normalized spacial score (nSPS) is 12.3. The molecule has 0 spiro atoms. The van der Waals surface area contributed by atoms with Gasteiger partial charge in [-0.2, -0.15) is 0 Å². The van der Waals surface area contributed by atoms with Gasteiger partial charge in [0.05, 0.1) is 11.6 Å². The van der Waals surface area contributed by atoms with Crippen molar-refractivity contribution >= 4 is 16.8 Å². The first-order valence-electron chi connectivity index (χ1n) is 6.58. The fraction of sp³-hybridized carbons (Fsp3) is 0.333. The molecule has 0 radical (unpaired) electrons. The number of hydrogen-bond acceptors (Lipinski definition) is 3. The van der Waals surface area contributed by atoms with Crippen molar-refractivity contribution in [3.8, 4) is 0 Å². The van der Waals surface area contributed by atoms with Crippen LogP contribution in [0.5, 0.6) is 0 Å². The lowest BCUT2D eigenvalue weighted by Crippen LogP contribution is -2.40. The van der Waals surface area contributed by atoms with Gasteiger partial charge in [0.1, 0.15) is 0 Å². The molecule has 0 bridgehead atoms. The number of pyridine rings is 1. The van der Waals surface area contributed by atoms with Crippen LogP contribution in [0.1, 0.15) is 18.9 Å². The number of nitrogens with two attached hydrogens (primary N) is 1. The molecule has 0 saturated carbocycles. The Balaban J connectivity index is 2.01. The summed E-state index contributed by atoms with van der Waals surface area (Å²) in [5.41, 5.74) is 7.80. The van der Waals surface area contributed by atoms with Crippen molar-refractivity contribution in [2.75, 3.05) is 6.54 Å². The van der Waals surface area contributed by atoms with Gasteiger partial charge in [0, 0.05) is 18.1 Å². The van der Waals surface area contributed by atoms with Crippen molar-refractivity contribution in [1.82, 2.24) is 10.3 Å². The summed E-state index contributed by atoms with van der Waals surface area (Å²) in [5, 5.41) is 3.98. The lowest BCUT2D eigenvalue weighted by Gasteiger charge is -2.10. The van der Waals surface area contributed by atoms with Gasteiger partial charge >= 0.3 is 0 Å². The van der Waals surface area contributed by atoms with Gasteiger partial charge in [0.25, 0.3) is 0 Å². The highest BCUT2D eigenvalue weighted by Gasteiger charge is 2.10. The number of nitrogens with one attached hydrogen (secondary N) is 1. The molecule has 100 valence electrons. The number of carbonyl (C=O) groups excluding carboxylic acids is 1. The summed E-state index contributed by atoms with van der Waals surface area (Å²) in [5.74, 6) is -0.0873. The zero-order chi connectivity index (χ0) is 13.7. The minimum absolute atomic E-state index is 0.0873. The summed E-state index contributed by atoms with van der Waals surface area (Å²) in [7, 11) is 0. The summed E-state index contributed by atoms with van der Waals surface area (Å²) in [6, 6.07) is 9.65. The molecule has 0 fully saturated rings. The number of rotatable bonds is 5. The maximum atomic E-state index is 11.6. The van der Waals surface area contributed by atoms with Crippen molar-refractivity contribution in [3.05, 3.63) is 42.1 Å². The van der Waals surface area contributed by atoms with Gasteiger partial charge in [-0.05, 0) is 24.5 Å². The molecule has 1 amide bonds. The minimum Gasteiger partial charge on any atom is -0.354 e. The zero-order valence-electron chi connectivity index (χ0n) is 11.1. The quantitative estimate of drug-likeness (QED) is 0.855. The monoisotopic (exact) mass is 257 g/mol. The Kier molecular flexibility index (Phi) is 4.47. The van der Waals surface area contributed by atoms with Crippen LogP contribution in [0.3, 0.4) is 0 Å². The zero-order valence-corrected chi connectivity index (χ0v) is 11.1. The Morgan fingerprint density at radius 3 is 2.95 bits per heavy atom. The van der Waals surface area contributed by atoms with E-state index in [0.29, 0.717) is 13.0 Å². The first-order valence-corrected chi connectivity index (χ1v) is 6.58. The molecular formula is C15H19N3O. The van der Waals surface area contributed by atoms with Crippen LogP contribution >= 0.6 is 0 Å². The molecule has 1 heterocycles. The molecule has 2 aromatic rings. The van der Waals surface area contributed by atoms with Crippen molar-refractivity contribution in [2.45, 2.75) is 25.8 Å². The van der Waals surface area contributed by atoms with E-state index in [9.17, 15) is 4.79 Å². The van der Waals surface area contributed by atoms with Crippen molar-refractivity contribution in [1.29, 1.82) is 0 Å². The van der Waals surface area contributed by atoms with Crippen molar-refractivity contribution < 1.29 is 4.79 Å². The summed E-state index contributed by atoms with van der Waals surface area (Å²) in [6.07, 6.45) is 3.20. The molecule has 0 aliphatic carbocycles. The summed E-state index contributed by atoms with van der Waals surface area (Å²) in [6.45, 7) is 2.49. The van der Waals surface area contributed by atoms with Gasteiger partial charge in [-0.3, -0.25) is 9.78 Å². The Morgan fingerprint density at radius 2 is 2.16 bits per heavy atom. The number of nitrogens with zero attached hydrogens (tertiary/aromatic N) is 1. The average Bonchev–Trinajstić information content (AvgIpc) is 2.46. The highest BCUT2D eigenvalue weighted by molar-refractivity contribution is 5.82. The second-order valence-electron chi connectivity index (χ2n) is 4.55. The number of carbonyl (C=O) groups is 1. The highest BCUT2D eigenvalue weighted by atomic mass is 16.2. The molecule has 0 saturated heterocycles. The van der Waals surface area contributed by atoms with E-state index in [1.807, 2.05) is 37.3 Å². The van der Waals surface area contributed by atoms with Crippen LogP contribution in [0.25, 0.3) is 10.9 Å². The topological polar surface area (TPSA) is 68.0 Å². The van der Waals surface area contributed by atoms with Crippen LogP contribution in [0.15, 0.2) is 36.5 Å². The molecule has 19 heavy (non-hydrogen) atoms. The van der Waals surface area contributed by atoms with Crippen LogP contribution in [-0.2, 0) is 11.2 Å². The van der Waals surface area contributed by atoms with Crippen molar-refractivity contribution in [3.63, 3.8) is 0 Å². The summed E-state index contributed by atoms with van der Waals surface area (Å²) >= 11 is 0. The van der Waals surface area contributed by atoms with Gasteiger partial charge in [-0.1, -0.05) is 31.2 Å². The second-order valence-corrected chi connectivity index (χ2v) is 4.55. The van der Waals surface area contributed by atoms with E-state index in [1.54, 1.807) is 6.20 Å². The Morgan fingerprint density at radius 1 is 1.37 bits per heavy atom. The predicted molar refractivity (Wildman–Crippen MR) is 76.7 cm³/mol. The van der Waals surface area contributed by atoms with Crippen LogP contribution in [0.2, 0.25) is 0 Å². The molecule has 1 atom stereocenters. The van der Waals surface area contributed by atoms with Gasteiger partial charge in [-0.25, -0.2) is 0 Å². The molecule has 3 N–H and O–H groups in total. The lowest BCUT2D eigenvalue weighted by atomic mass is 10.1. The van der Waals surface area contributed by atoms with Gasteiger partial charge < -0.3 is 11.1 Å². The van der Waals surface area contributed by atoms with Crippen LogP contribution in [-0.4, -0.2) is 23.5 Å². The highest BCUT2D eigenvalue weighted by Crippen LogP contribution is 2.15. The molecule has 2 rings (SSSR count). The minimum atomic E-state index is -0.411. The smallest absolute Gasteiger partial charge is 0.236 e. The average molecular weight is 257 g/mol. The van der Waals surface area contributed by atoms with E-state index in [0.717, 1.165) is 22.9 Å². The van der Waals surface area contributed by atoms with Gasteiger partial charge in [0.2, 0.25) is 5.91 Å². The fourth-order valence-electron chi connectivity index (χ4n) is 2.01. The lowest BCUT2D eigenvalue weighted by molar-refractivity contribution is -0.122. The first-order chi connectivity index (χ1) is 9.22. The van der Waals surface area contributed by atoms with E-state index in [-0.39, 0.29) is 5.91 Å². The Hall–Kier alpha value is -1.94. The third-order valence-corrected chi connectivity index (χ3v) is 3.19. The fourth-order valence-corrected chi connectivity index (χ4v) is 2.01. The molecule has 4 heteroatoms. The first kappa shape index (κ1) is 13.5. The summed E-state index contributed by atoms with van der Waals surface area (Å²) < 4.78 is 0. The van der Waals surface area contributed by atoms with E-state index < -0.39 is 6.04 Å². The Labute approximate surface area is 113 Å². The molecule has 1 aromatic heterocycles. The number of amides is 1. The van der Waals surface area contributed by atoms with Crippen LogP contribution in [0.4, 0.5) is 0 Å². The van der Waals surface area contributed by atoms with Crippen molar-refractivity contribution in [2.24, 2.45) is 5.73 Å².